The number of carbonyl (C=O) groups is 1. The number of hydrogen-bond donors (Lipinski definition) is 5. The third-order valence-electron chi connectivity index (χ3n) is 7.83. The summed E-state index contributed by atoms with van der Waals surface area (Å²) in [6.07, 6.45) is 11.9. The Morgan fingerprint density at radius 1 is 0.925 bits per heavy atom. The number of nitrogens with zero attached hydrogens (tertiary/aromatic N) is 5. The number of aromatic nitrogens is 2. The normalized spacial score (nSPS) is 18.6. The molecule has 5 rings (SSSR count). The van der Waals surface area contributed by atoms with E-state index in [1.807, 2.05) is 19.1 Å². The first kappa shape index (κ1) is 31.9. The van der Waals surface area contributed by atoms with Crippen LogP contribution in [0.5, 0.6) is 0 Å². The number of piperazine rings is 1. The van der Waals surface area contributed by atoms with Gasteiger partial charge in [0.25, 0.3) is 5.91 Å². The Morgan fingerprint density at radius 2 is 1.48 bits per heavy atom. The number of carbonyl (C=O) groups excluding carboxylic acids is 1. The Bertz CT molecular complexity index is 1020. The molecule has 0 radical (unpaired) electrons. The van der Waals surface area contributed by atoms with E-state index >= 15 is 0 Å². The Morgan fingerprint density at radius 3 is 1.98 bits per heavy atom. The van der Waals surface area contributed by atoms with E-state index in [0.29, 0.717) is 24.0 Å². The fourth-order valence-corrected chi connectivity index (χ4v) is 5.70. The van der Waals surface area contributed by atoms with Gasteiger partial charge in [-0.1, -0.05) is 58.3 Å². The van der Waals surface area contributed by atoms with Gasteiger partial charge in [0.1, 0.15) is 5.82 Å². The highest BCUT2D eigenvalue weighted by molar-refractivity contribution is 7.77. The van der Waals surface area contributed by atoms with Crippen LogP contribution < -0.4 is 27.4 Å². The molecule has 0 spiro atoms. The molecule has 2 aliphatic heterocycles. The monoisotopic (exact) mass is 571 g/mol. The fraction of sp³-hybridized carbons (Fsp3) is 0.621. The second-order valence-corrected chi connectivity index (χ2v) is 11.0. The molecule has 1 saturated carbocycles. The Hall–Kier alpha value is -2.60. The third kappa shape index (κ3) is 9.22. The van der Waals surface area contributed by atoms with Gasteiger partial charge in [-0.2, -0.15) is 0 Å². The summed E-state index contributed by atoms with van der Waals surface area (Å²) in [5, 5.41) is 3.14. The highest BCUT2D eigenvalue weighted by atomic mass is 32.1. The molecule has 0 bridgehead atoms. The molecule has 1 aromatic heterocycles. The lowest BCUT2D eigenvalue weighted by Gasteiger charge is -2.42. The van der Waals surface area contributed by atoms with Gasteiger partial charge in [0.05, 0.1) is 5.69 Å². The summed E-state index contributed by atoms with van der Waals surface area (Å²) >= 11 is 4.45. The predicted molar refractivity (Wildman–Crippen MR) is 169 cm³/mol. The SMILES string of the molecule is C1CCCCC1.CCc1nc(C(N)=O)c(Nc2ccc(N3CCC(N4CCN(S)CC4)CC3)cc2)nc1N.CN. The number of piperidine rings is 1. The zero-order valence-corrected chi connectivity index (χ0v) is 25.2. The van der Waals surface area contributed by atoms with Crippen molar-refractivity contribution in [2.24, 2.45) is 11.5 Å². The summed E-state index contributed by atoms with van der Waals surface area (Å²) in [6.45, 7) is 8.28. The maximum Gasteiger partial charge on any atom is 0.271 e. The molecule has 11 heteroatoms. The highest BCUT2D eigenvalue weighted by Crippen LogP contribution is 2.27. The zero-order chi connectivity index (χ0) is 28.9. The van der Waals surface area contributed by atoms with Crippen LogP contribution in [0.25, 0.3) is 0 Å². The summed E-state index contributed by atoms with van der Waals surface area (Å²) in [5.74, 6) is -0.0534. The number of benzene rings is 1. The van der Waals surface area contributed by atoms with Gasteiger partial charge in [-0.15, -0.1) is 0 Å². The lowest BCUT2D eigenvalue weighted by molar-refractivity contribution is 0.0996. The summed E-state index contributed by atoms with van der Waals surface area (Å²) in [6, 6.07) is 8.79. The first-order chi connectivity index (χ1) is 19.4. The van der Waals surface area contributed by atoms with E-state index in [4.69, 9.17) is 11.5 Å². The molecule has 40 heavy (non-hydrogen) atoms. The van der Waals surface area contributed by atoms with E-state index in [2.05, 4.69) is 60.1 Å². The second-order valence-electron chi connectivity index (χ2n) is 10.5. The molecule has 1 amide bonds. The van der Waals surface area contributed by atoms with Crippen LogP contribution in [0.3, 0.4) is 0 Å². The van der Waals surface area contributed by atoms with Crippen LogP contribution in [0, 0.1) is 0 Å². The molecule has 3 heterocycles. The number of primary amides is 1. The minimum Gasteiger partial charge on any atom is -0.382 e. The van der Waals surface area contributed by atoms with Crippen LogP contribution in [0.2, 0.25) is 0 Å². The number of anilines is 4. The second kappa shape index (κ2) is 16.6. The van der Waals surface area contributed by atoms with Crippen molar-refractivity contribution in [2.45, 2.75) is 70.8 Å². The molecule has 0 unspecified atom stereocenters. The summed E-state index contributed by atoms with van der Waals surface area (Å²) in [5.41, 5.74) is 18.6. The van der Waals surface area contributed by atoms with E-state index in [1.165, 1.54) is 64.1 Å². The Kier molecular flexibility index (Phi) is 13.3. The maximum atomic E-state index is 11.8. The maximum absolute atomic E-state index is 11.8. The molecule has 0 atom stereocenters. The van der Waals surface area contributed by atoms with Gasteiger partial charge in [-0.25, -0.2) is 9.97 Å². The number of aryl methyl sites for hydroxylation is 1. The van der Waals surface area contributed by atoms with Gasteiger partial charge < -0.3 is 27.4 Å². The van der Waals surface area contributed by atoms with Gasteiger partial charge in [0, 0.05) is 56.7 Å². The predicted octanol–water partition coefficient (Wildman–Crippen LogP) is 3.81. The Balaban J connectivity index is 0.000000481. The number of nitrogens with one attached hydrogen (secondary N) is 1. The number of amides is 1. The third-order valence-corrected chi connectivity index (χ3v) is 8.23. The summed E-state index contributed by atoms with van der Waals surface area (Å²) < 4.78 is 2.10. The molecule has 2 saturated heterocycles. The van der Waals surface area contributed by atoms with Crippen molar-refractivity contribution in [1.29, 1.82) is 0 Å². The van der Waals surface area contributed by atoms with E-state index in [9.17, 15) is 4.79 Å². The van der Waals surface area contributed by atoms with E-state index in [1.54, 1.807) is 0 Å². The molecule has 222 valence electrons. The Labute approximate surface area is 245 Å². The van der Waals surface area contributed by atoms with Crippen LogP contribution in [-0.4, -0.2) is 77.4 Å². The lowest BCUT2D eigenvalue weighted by Crippen LogP contribution is -2.51. The quantitative estimate of drug-likeness (QED) is 0.327. The first-order valence-electron chi connectivity index (χ1n) is 14.8. The molecule has 3 aliphatic rings. The number of hydrogen-bond acceptors (Lipinski definition) is 10. The van der Waals surface area contributed by atoms with Gasteiger partial charge in [-0.05, 0) is 50.6 Å². The van der Waals surface area contributed by atoms with Crippen molar-refractivity contribution >= 4 is 41.7 Å². The number of nitrogen functional groups attached to an aromatic ring is 1. The van der Waals surface area contributed by atoms with E-state index < -0.39 is 5.91 Å². The lowest BCUT2D eigenvalue weighted by atomic mass is 10.0. The smallest absolute Gasteiger partial charge is 0.271 e. The first-order valence-corrected chi connectivity index (χ1v) is 15.2. The van der Waals surface area contributed by atoms with E-state index in [-0.39, 0.29) is 11.5 Å². The molecule has 10 nitrogen and oxygen atoms in total. The number of thiol groups is 1. The minimum atomic E-state index is -0.634. The van der Waals surface area contributed by atoms with Gasteiger partial charge in [-0.3, -0.25) is 14.0 Å². The van der Waals surface area contributed by atoms with Crippen molar-refractivity contribution in [3.05, 3.63) is 35.7 Å². The van der Waals surface area contributed by atoms with Crippen molar-refractivity contribution in [2.75, 3.05) is 62.3 Å². The molecular formula is C29H49N9OS. The molecule has 3 fully saturated rings. The molecule has 2 aromatic rings. The van der Waals surface area contributed by atoms with Gasteiger partial charge >= 0.3 is 0 Å². The topological polar surface area (TPSA) is 143 Å². The van der Waals surface area contributed by atoms with Crippen LogP contribution in [0.4, 0.5) is 23.0 Å². The molecule has 1 aliphatic carbocycles. The average Bonchev–Trinajstić information content (AvgIpc) is 3.00. The van der Waals surface area contributed by atoms with Crippen LogP contribution >= 0.6 is 12.8 Å². The van der Waals surface area contributed by atoms with Crippen molar-refractivity contribution in [1.82, 2.24) is 19.2 Å². The largest absolute Gasteiger partial charge is 0.382 e. The summed E-state index contributed by atoms with van der Waals surface area (Å²) in [4.78, 5) is 25.5. The van der Waals surface area contributed by atoms with Gasteiger partial charge in [0.2, 0.25) is 0 Å². The minimum absolute atomic E-state index is 0.0981. The van der Waals surface area contributed by atoms with Crippen LogP contribution in [0.15, 0.2) is 24.3 Å². The molecule has 7 N–H and O–H groups in total. The zero-order valence-electron chi connectivity index (χ0n) is 24.3. The van der Waals surface area contributed by atoms with Crippen molar-refractivity contribution < 1.29 is 4.79 Å². The van der Waals surface area contributed by atoms with Gasteiger partial charge in [0.15, 0.2) is 11.5 Å². The fourth-order valence-electron chi connectivity index (χ4n) is 5.52. The standard InChI is InChI=1S/C22H32N8OS.C6H12.CH5N/c1-2-18-20(23)27-22(19(26-18)21(24)31)25-15-3-5-16(6-4-15)28-9-7-17(8-10-28)29-11-13-30(32)14-12-29;1-2-4-6-5-3-1;1-2/h3-6,17,32H,2,7-14H2,1H3,(H2,24,31)(H3,23,25,27);1-6H2;2H2,1H3. The van der Waals surface area contributed by atoms with Crippen LogP contribution in [0.1, 0.15) is 74.5 Å². The number of rotatable bonds is 6. The highest BCUT2D eigenvalue weighted by Gasteiger charge is 2.27. The number of nitrogens with two attached hydrogens (primary N) is 3. The van der Waals surface area contributed by atoms with Crippen LogP contribution in [-0.2, 0) is 6.42 Å². The molecular weight excluding hydrogens is 522 g/mol. The average molecular weight is 572 g/mol. The molecule has 1 aromatic carbocycles. The van der Waals surface area contributed by atoms with E-state index in [0.717, 1.165) is 45.0 Å². The van der Waals surface area contributed by atoms with Crippen molar-refractivity contribution in [3.8, 4) is 0 Å². The van der Waals surface area contributed by atoms with Crippen molar-refractivity contribution in [3.63, 3.8) is 0 Å². The summed E-state index contributed by atoms with van der Waals surface area (Å²) in [7, 11) is 1.50.